The number of alkyl carbamates (subject to hydrolysis) is 1. The van der Waals surface area contributed by atoms with Crippen LogP contribution in [0.3, 0.4) is 0 Å². The van der Waals surface area contributed by atoms with E-state index in [9.17, 15) is 24.0 Å². The Hall–Kier alpha value is -5.79. The van der Waals surface area contributed by atoms with Gasteiger partial charge < -0.3 is 29.6 Å². The highest BCUT2D eigenvalue weighted by Crippen LogP contribution is 2.21. The second-order valence-corrected chi connectivity index (χ2v) is 14.9. The molecule has 3 rings (SSSR count). The van der Waals surface area contributed by atoms with E-state index in [4.69, 9.17) is 18.9 Å². The summed E-state index contributed by atoms with van der Waals surface area (Å²) in [6.07, 6.45) is -1.91. The van der Waals surface area contributed by atoms with Crippen LogP contribution >= 0.6 is 0 Å². The third-order valence-electron chi connectivity index (χ3n) is 6.47. The molecule has 0 unspecified atom stereocenters. The number of amides is 3. The standard InChI is InChI=1S/C39H47FN4O9/c1-37(2,3)51-33(47)29(22-24-13-11-10-12-14-24)42-31(45)23-25-15-20-30(28(40)21-25)50-32(46)26-16-18-27(19-17-26)41-34(43-35(48)52-38(4,5)6)44-36(49)53-39(7,8)9/h10-21,29H,22-23H2,1-9H3,(H,42,45)(H2,41,43,44,48,49)/t29-/m0/s1. The van der Waals surface area contributed by atoms with Gasteiger partial charge in [0, 0.05) is 12.1 Å². The molecule has 0 saturated carbocycles. The molecule has 0 heterocycles. The molecule has 0 radical (unpaired) electrons. The molecule has 53 heavy (non-hydrogen) atoms. The van der Waals surface area contributed by atoms with Gasteiger partial charge in [-0.1, -0.05) is 36.4 Å². The summed E-state index contributed by atoms with van der Waals surface area (Å²) in [6, 6.07) is 17.5. The van der Waals surface area contributed by atoms with Gasteiger partial charge in [0.2, 0.25) is 11.9 Å². The molecule has 0 saturated heterocycles. The molecule has 284 valence electrons. The largest absolute Gasteiger partial charge is 0.458 e. The zero-order valence-corrected chi connectivity index (χ0v) is 31.4. The molecule has 0 aromatic heterocycles. The Kier molecular flexibility index (Phi) is 13.8. The van der Waals surface area contributed by atoms with Crippen molar-refractivity contribution in [3.8, 4) is 5.75 Å². The first-order valence-corrected chi connectivity index (χ1v) is 16.8. The number of nitrogens with zero attached hydrogens (tertiary/aromatic N) is 1. The number of guanidine groups is 1. The Morgan fingerprint density at radius 2 is 1.34 bits per heavy atom. The van der Waals surface area contributed by atoms with Crippen molar-refractivity contribution >= 4 is 41.7 Å². The molecular formula is C39H47FN4O9. The molecule has 3 amide bonds. The van der Waals surface area contributed by atoms with Crippen LogP contribution in [0, 0.1) is 5.82 Å². The maximum atomic E-state index is 15.1. The SMILES string of the molecule is CC(C)(C)OC(=O)/N=C(/NC(=O)OC(C)(C)C)Nc1ccc(C(=O)Oc2ccc(CC(=O)N[C@@H](Cc3ccccc3)C(=O)OC(C)(C)C)cc2F)cc1. The van der Waals surface area contributed by atoms with Crippen molar-refractivity contribution < 1.29 is 47.3 Å². The van der Waals surface area contributed by atoms with Gasteiger partial charge in [0.05, 0.1) is 12.0 Å². The van der Waals surface area contributed by atoms with Gasteiger partial charge in [0.25, 0.3) is 0 Å². The number of aliphatic imine (C=N–C) groups is 1. The predicted molar refractivity (Wildman–Crippen MR) is 196 cm³/mol. The molecule has 0 aliphatic rings. The third-order valence-corrected chi connectivity index (χ3v) is 6.47. The lowest BCUT2D eigenvalue weighted by Crippen LogP contribution is -2.46. The van der Waals surface area contributed by atoms with E-state index in [1.165, 1.54) is 36.4 Å². The van der Waals surface area contributed by atoms with Crippen molar-refractivity contribution in [3.63, 3.8) is 0 Å². The molecule has 3 aromatic rings. The lowest BCUT2D eigenvalue weighted by molar-refractivity contribution is -0.158. The van der Waals surface area contributed by atoms with Crippen molar-refractivity contribution in [3.05, 3.63) is 95.3 Å². The first-order chi connectivity index (χ1) is 24.5. The molecule has 14 heteroatoms. The number of halogens is 1. The van der Waals surface area contributed by atoms with E-state index in [2.05, 4.69) is 20.9 Å². The minimum atomic E-state index is -0.974. The van der Waals surface area contributed by atoms with Gasteiger partial charge in [0.1, 0.15) is 22.8 Å². The number of carbonyl (C=O) groups excluding carboxylic acids is 5. The molecule has 0 aliphatic heterocycles. The van der Waals surface area contributed by atoms with Crippen LogP contribution in [0.4, 0.5) is 19.7 Å². The number of carbonyl (C=O) groups is 5. The van der Waals surface area contributed by atoms with E-state index in [0.717, 1.165) is 11.6 Å². The average Bonchev–Trinajstić information content (AvgIpc) is 3.00. The van der Waals surface area contributed by atoms with Crippen LogP contribution in [-0.2, 0) is 36.6 Å². The summed E-state index contributed by atoms with van der Waals surface area (Å²) in [7, 11) is 0. The molecule has 3 N–H and O–H groups in total. The molecular weight excluding hydrogens is 687 g/mol. The minimum Gasteiger partial charge on any atom is -0.458 e. The average molecular weight is 735 g/mol. The van der Waals surface area contributed by atoms with E-state index < -0.39 is 58.7 Å². The van der Waals surface area contributed by atoms with Gasteiger partial charge in [-0.3, -0.25) is 10.1 Å². The lowest BCUT2D eigenvalue weighted by atomic mass is 10.0. The molecule has 0 aliphatic carbocycles. The number of nitrogens with one attached hydrogen (secondary N) is 3. The number of benzene rings is 3. The van der Waals surface area contributed by atoms with Gasteiger partial charge in [-0.15, -0.1) is 4.99 Å². The summed E-state index contributed by atoms with van der Waals surface area (Å²) in [5.74, 6) is -3.56. The third kappa shape index (κ3) is 15.6. The summed E-state index contributed by atoms with van der Waals surface area (Å²) < 4.78 is 36.3. The van der Waals surface area contributed by atoms with Crippen molar-refractivity contribution in [1.82, 2.24) is 10.6 Å². The van der Waals surface area contributed by atoms with E-state index in [-0.39, 0.29) is 35.7 Å². The summed E-state index contributed by atoms with van der Waals surface area (Å²) in [5, 5.41) is 7.82. The predicted octanol–water partition coefficient (Wildman–Crippen LogP) is 6.88. The smallest absolute Gasteiger partial charge is 0.437 e. The van der Waals surface area contributed by atoms with Crippen LogP contribution in [0.5, 0.6) is 5.75 Å². The van der Waals surface area contributed by atoms with Crippen LogP contribution in [0.25, 0.3) is 0 Å². The highest BCUT2D eigenvalue weighted by Gasteiger charge is 2.27. The highest BCUT2D eigenvalue weighted by molar-refractivity contribution is 6.06. The van der Waals surface area contributed by atoms with Crippen molar-refractivity contribution in [1.29, 1.82) is 0 Å². The zero-order chi connectivity index (χ0) is 39.6. The fourth-order valence-corrected chi connectivity index (χ4v) is 4.43. The summed E-state index contributed by atoms with van der Waals surface area (Å²) in [6.45, 7) is 15.2. The van der Waals surface area contributed by atoms with Gasteiger partial charge in [-0.25, -0.2) is 23.6 Å². The topological polar surface area (TPSA) is 171 Å². The van der Waals surface area contributed by atoms with Gasteiger partial charge >= 0.3 is 24.1 Å². The van der Waals surface area contributed by atoms with Crippen molar-refractivity contribution in [2.45, 2.75) is 98.0 Å². The quantitative estimate of drug-likeness (QED) is 0.0692. The molecule has 0 fully saturated rings. The van der Waals surface area contributed by atoms with Crippen molar-refractivity contribution in [2.24, 2.45) is 4.99 Å². The number of anilines is 1. The van der Waals surface area contributed by atoms with Crippen LogP contribution < -0.4 is 20.7 Å². The van der Waals surface area contributed by atoms with Gasteiger partial charge in [-0.05, 0) is 110 Å². The van der Waals surface area contributed by atoms with Gasteiger partial charge in [0.15, 0.2) is 11.6 Å². The summed E-state index contributed by atoms with van der Waals surface area (Å²) >= 11 is 0. The Labute approximate surface area is 308 Å². The van der Waals surface area contributed by atoms with E-state index in [0.29, 0.717) is 5.69 Å². The summed E-state index contributed by atoms with van der Waals surface area (Å²) in [5.41, 5.74) is -0.979. The van der Waals surface area contributed by atoms with Crippen LogP contribution in [0.1, 0.15) is 83.8 Å². The Morgan fingerprint density at radius 1 is 0.736 bits per heavy atom. The molecule has 3 aromatic carbocycles. The van der Waals surface area contributed by atoms with E-state index in [1.807, 2.05) is 30.3 Å². The first kappa shape index (κ1) is 41.6. The monoisotopic (exact) mass is 734 g/mol. The van der Waals surface area contributed by atoms with Crippen molar-refractivity contribution in [2.75, 3.05) is 5.32 Å². The second-order valence-electron chi connectivity index (χ2n) is 14.9. The number of hydrogen-bond acceptors (Lipinski definition) is 9. The highest BCUT2D eigenvalue weighted by atomic mass is 19.1. The fourth-order valence-electron chi connectivity index (χ4n) is 4.43. The number of esters is 2. The Bertz CT molecular complexity index is 1810. The Balaban J connectivity index is 1.66. The molecule has 13 nitrogen and oxygen atoms in total. The number of hydrogen-bond donors (Lipinski definition) is 3. The lowest BCUT2D eigenvalue weighted by Gasteiger charge is -2.24. The molecule has 0 bridgehead atoms. The van der Waals surface area contributed by atoms with E-state index >= 15 is 4.39 Å². The van der Waals surface area contributed by atoms with Crippen LogP contribution in [0.2, 0.25) is 0 Å². The number of rotatable bonds is 9. The van der Waals surface area contributed by atoms with E-state index in [1.54, 1.807) is 62.3 Å². The minimum absolute atomic E-state index is 0.0516. The van der Waals surface area contributed by atoms with Crippen LogP contribution in [0.15, 0.2) is 77.8 Å². The normalized spacial score (nSPS) is 12.5. The second kappa shape index (κ2) is 17.6. The summed E-state index contributed by atoms with van der Waals surface area (Å²) in [4.78, 5) is 67.2. The van der Waals surface area contributed by atoms with Gasteiger partial charge in [-0.2, -0.15) is 0 Å². The fraction of sp³-hybridized carbons (Fsp3) is 0.385. The van der Waals surface area contributed by atoms with Crippen LogP contribution in [-0.4, -0.2) is 58.8 Å². The number of ether oxygens (including phenoxy) is 4. The molecule has 1 atom stereocenters. The Morgan fingerprint density at radius 3 is 1.91 bits per heavy atom. The maximum Gasteiger partial charge on any atom is 0.437 e. The maximum absolute atomic E-state index is 15.1. The molecule has 0 spiro atoms. The zero-order valence-electron chi connectivity index (χ0n) is 31.4. The first-order valence-electron chi connectivity index (χ1n) is 16.8.